The van der Waals surface area contributed by atoms with Gasteiger partial charge in [0.05, 0.1) is 6.10 Å². The van der Waals surface area contributed by atoms with Crippen LogP contribution in [0.3, 0.4) is 0 Å². The largest absolute Gasteiger partial charge is 0.447 e. The maximum absolute atomic E-state index is 12.7. The number of piperidine rings is 1. The van der Waals surface area contributed by atoms with Crippen molar-refractivity contribution in [2.75, 3.05) is 13.1 Å². The molecule has 2 aliphatic rings. The van der Waals surface area contributed by atoms with Gasteiger partial charge < -0.3 is 14.4 Å². The molecule has 1 atom stereocenters. The van der Waals surface area contributed by atoms with E-state index in [4.69, 9.17) is 4.42 Å². The number of aryl methyl sites for hydroxylation is 1. The lowest BCUT2D eigenvalue weighted by Gasteiger charge is -2.34. The third-order valence-corrected chi connectivity index (χ3v) is 5.69. The molecule has 138 valence electrons. The maximum atomic E-state index is 12.7. The molecule has 1 aromatic heterocycles. The lowest BCUT2D eigenvalue weighted by atomic mass is 9.88. The minimum atomic E-state index is -0.304. The van der Waals surface area contributed by atoms with Crippen molar-refractivity contribution in [2.24, 2.45) is 5.92 Å². The zero-order valence-corrected chi connectivity index (χ0v) is 15.0. The predicted octanol–water partition coefficient (Wildman–Crippen LogP) is 3.40. The monoisotopic (exact) mass is 354 g/mol. The van der Waals surface area contributed by atoms with Gasteiger partial charge in [0.2, 0.25) is 0 Å². The lowest BCUT2D eigenvalue weighted by molar-refractivity contribution is 0.0432. The van der Waals surface area contributed by atoms with Gasteiger partial charge in [0.25, 0.3) is 5.91 Å². The summed E-state index contributed by atoms with van der Waals surface area (Å²) in [7, 11) is 0. The summed E-state index contributed by atoms with van der Waals surface area (Å²) in [5, 5.41) is 10.5. The van der Waals surface area contributed by atoms with Crippen LogP contribution in [0.25, 0.3) is 0 Å². The number of hydrogen-bond donors (Lipinski definition) is 1. The summed E-state index contributed by atoms with van der Waals surface area (Å²) in [6.07, 6.45) is 6.62. The molecule has 2 fully saturated rings. The topological polar surface area (TPSA) is 66.6 Å². The molecule has 0 bridgehead atoms. The van der Waals surface area contributed by atoms with Gasteiger partial charge in [0.1, 0.15) is 5.76 Å². The van der Waals surface area contributed by atoms with Crippen molar-refractivity contribution in [2.45, 2.75) is 50.5 Å². The molecule has 1 aromatic carbocycles. The molecule has 1 saturated heterocycles. The van der Waals surface area contributed by atoms with Crippen LogP contribution in [0.15, 0.2) is 41.1 Å². The number of likely N-dealkylation sites (tertiary alicyclic amines) is 1. The fourth-order valence-electron chi connectivity index (χ4n) is 3.88. The second kappa shape index (κ2) is 7.62. The quantitative estimate of drug-likeness (QED) is 0.863. The van der Waals surface area contributed by atoms with Crippen LogP contribution in [-0.4, -0.2) is 40.1 Å². The number of carbonyl (C=O) groups is 1. The van der Waals surface area contributed by atoms with Gasteiger partial charge in [0, 0.05) is 19.0 Å². The van der Waals surface area contributed by atoms with Crippen LogP contribution >= 0.6 is 0 Å². The van der Waals surface area contributed by atoms with E-state index in [0.29, 0.717) is 24.7 Å². The van der Waals surface area contributed by atoms with E-state index in [1.807, 2.05) is 23.1 Å². The van der Waals surface area contributed by atoms with Crippen molar-refractivity contribution in [1.29, 1.82) is 0 Å². The Hall–Kier alpha value is -2.14. The molecule has 4 rings (SSSR count). The number of aromatic nitrogens is 1. The third kappa shape index (κ3) is 3.83. The van der Waals surface area contributed by atoms with Crippen molar-refractivity contribution in [1.82, 2.24) is 9.88 Å². The minimum absolute atomic E-state index is 0.0159. The van der Waals surface area contributed by atoms with Gasteiger partial charge >= 0.3 is 0 Å². The second-order valence-corrected chi connectivity index (χ2v) is 7.56. The molecule has 26 heavy (non-hydrogen) atoms. The molecule has 1 aliphatic carbocycles. The Kier molecular flexibility index (Phi) is 5.07. The molecule has 5 nitrogen and oxygen atoms in total. The summed E-state index contributed by atoms with van der Waals surface area (Å²) in [5.41, 5.74) is 1.76. The fourth-order valence-corrected chi connectivity index (χ4v) is 3.88. The number of oxazole rings is 1. The van der Waals surface area contributed by atoms with E-state index in [-0.39, 0.29) is 17.9 Å². The lowest BCUT2D eigenvalue weighted by Crippen LogP contribution is -2.41. The Morgan fingerprint density at radius 3 is 2.62 bits per heavy atom. The summed E-state index contributed by atoms with van der Waals surface area (Å²) in [6, 6.07) is 10.3. The number of hydrogen-bond acceptors (Lipinski definition) is 4. The van der Waals surface area contributed by atoms with E-state index in [1.54, 1.807) is 0 Å². The van der Waals surface area contributed by atoms with Gasteiger partial charge in [-0.1, -0.05) is 30.3 Å². The fraction of sp³-hybridized carbons (Fsp3) is 0.524. The number of rotatable bonds is 6. The number of benzene rings is 1. The Balaban J connectivity index is 1.28. The van der Waals surface area contributed by atoms with E-state index < -0.39 is 0 Å². The van der Waals surface area contributed by atoms with Crippen molar-refractivity contribution in [3.8, 4) is 0 Å². The summed E-state index contributed by atoms with van der Waals surface area (Å²) >= 11 is 0. The molecule has 0 unspecified atom stereocenters. The average Bonchev–Trinajstić information content (AvgIpc) is 3.43. The first kappa shape index (κ1) is 17.3. The Morgan fingerprint density at radius 1 is 1.19 bits per heavy atom. The zero-order valence-electron chi connectivity index (χ0n) is 15.0. The molecule has 2 aromatic rings. The Bertz CT molecular complexity index is 731. The van der Waals surface area contributed by atoms with E-state index in [0.717, 1.165) is 44.3 Å². The van der Waals surface area contributed by atoms with Crippen LogP contribution in [-0.2, 0) is 6.42 Å². The van der Waals surface area contributed by atoms with Crippen molar-refractivity contribution in [3.63, 3.8) is 0 Å². The smallest absolute Gasteiger partial charge is 0.276 e. The summed E-state index contributed by atoms with van der Waals surface area (Å²) in [5.74, 6) is 1.40. The SMILES string of the molecule is O=C(c1ncoc1C1CC1)N1CCC([C@H](O)CCc2ccccc2)CC1. The molecule has 5 heteroatoms. The van der Waals surface area contributed by atoms with Crippen LogP contribution in [0.2, 0.25) is 0 Å². The van der Waals surface area contributed by atoms with Crippen molar-refractivity contribution < 1.29 is 14.3 Å². The predicted molar refractivity (Wildman–Crippen MR) is 97.9 cm³/mol. The van der Waals surface area contributed by atoms with Gasteiger partial charge in [-0.25, -0.2) is 4.98 Å². The number of amides is 1. The third-order valence-electron chi connectivity index (χ3n) is 5.69. The summed E-state index contributed by atoms with van der Waals surface area (Å²) in [6.45, 7) is 1.37. The van der Waals surface area contributed by atoms with Gasteiger partial charge in [-0.15, -0.1) is 0 Å². The molecule has 1 N–H and O–H groups in total. The average molecular weight is 354 g/mol. The first-order valence-electron chi connectivity index (χ1n) is 9.67. The second-order valence-electron chi connectivity index (χ2n) is 7.56. The molecule has 1 saturated carbocycles. The van der Waals surface area contributed by atoms with Gasteiger partial charge in [-0.2, -0.15) is 0 Å². The van der Waals surface area contributed by atoms with Crippen LogP contribution in [0.1, 0.15) is 59.8 Å². The zero-order chi connectivity index (χ0) is 17.9. The highest BCUT2D eigenvalue weighted by Crippen LogP contribution is 2.41. The minimum Gasteiger partial charge on any atom is -0.447 e. The van der Waals surface area contributed by atoms with E-state index in [1.165, 1.54) is 12.0 Å². The number of carbonyl (C=O) groups excluding carboxylic acids is 1. The van der Waals surface area contributed by atoms with Crippen LogP contribution in [0, 0.1) is 5.92 Å². The van der Waals surface area contributed by atoms with E-state index >= 15 is 0 Å². The van der Waals surface area contributed by atoms with Crippen LogP contribution in [0.4, 0.5) is 0 Å². The normalized spacial score (nSPS) is 19.5. The van der Waals surface area contributed by atoms with Crippen molar-refractivity contribution in [3.05, 3.63) is 53.7 Å². The standard InChI is InChI=1S/C21H26N2O3/c24-18(9-6-15-4-2-1-3-5-15)16-10-12-23(13-11-16)21(25)19-20(17-7-8-17)26-14-22-19/h1-5,14,16-18,24H,6-13H2/t18-/m1/s1. The Labute approximate surface area is 154 Å². The first-order chi connectivity index (χ1) is 12.7. The first-order valence-corrected chi connectivity index (χ1v) is 9.67. The van der Waals surface area contributed by atoms with Crippen LogP contribution < -0.4 is 0 Å². The number of nitrogens with zero attached hydrogens (tertiary/aromatic N) is 2. The highest BCUT2D eigenvalue weighted by Gasteiger charge is 2.35. The van der Waals surface area contributed by atoms with Gasteiger partial charge in [-0.3, -0.25) is 4.79 Å². The number of aliphatic hydroxyl groups excluding tert-OH is 1. The molecule has 1 aliphatic heterocycles. The molecular formula is C21H26N2O3. The highest BCUT2D eigenvalue weighted by molar-refractivity contribution is 5.93. The van der Waals surface area contributed by atoms with Crippen molar-refractivity contribution >= 4 is 5.91 Å². The molecule has 1 amide bonds. The molecule has 0 radical (unpaired) electrons. The van der Waals surface area contributed by atoms with Crippen LogP contribution in [0.5, 0.6) is 0 Å². The maximum Gasteiger partial charge on any atom is 0.276 e. The molecular weight excluding hydrogens is 328 g/mol. The van der Waals surface area contributed by atoms with E-state index in [9.17, 15) is 9.90 Å². The Morgan fingerprint density at radius 2 is 1.92 bits per heavy atom. The summed E-state index contributed by atoms with van der Waals surface area (Å²) < 4.78 is 5.44. The van der Waals surface area contributed by atoms with Gasteiger partial charge in [0.15, 0.2) is 12.1 Å². The molecule has 0 spiro atoms. The van der Waals surface area contributed by atoms with E-state index in [2.05, 4.69) is 17.1 Å². The molecule has 2 heterocycles. The number of aliphatic hydroxyl groups is 1. The van der Waals surface area contributed by atoms with Gasteiger partial charge in [-0.05, 0) is 50.0 Å². The summed E-state index contributed by atoms with van der Waals surface area (Å²) in [4.78, 5) is 18.8. The highest BCUT2D eigenvalue weighted by atomic mass is 16.3.